The van der Waals surface area contributed by atoms with Gasteiger partial charge in [-0.15, -0.1) is 0 Å². The maximum absolute atomic E-state index is 12.7. The Morgan fingerprint density at radius 3 is 1.57 bits per heavy atom. The van der Waals surface area contributed by atoms with Gasteiger partial charge in [0.25, 0.3) is 0 Å². The van der Waals surface area contributed by atoms with Gasteiger partial charge < -0.3 is 0 Å². The SMILES string of the molecule is Cc1c(C)c(C)c(S(=O)(=O)NCCC(C)(C)C)c(C)c1C. The second-order valence-electron chi connectivity index (χ2n) is 7.16. The molecule has 21 heavy (non-hydrogen) atoms. The predicted molar refractivity (Wildman–Crippen MR) is 89.4 cm³/mol. The van der Waals surface area contributed by atoms with Gasteiger partial charge in [0.1, 0.15) is 0 Å². The van der Waals surface area contributed by atoms with E-state index in [9.17, 15) is 8.42 Å². The highest BCUT2D eigenvalue weighted by Crippen LogP contribution is 2.29. The lowest BCUT2D eigenvalue weighted by molar-refractivity contribution is 0.378. The first-order chi connectivity index (χ1) is 9.38. The van der Waals surface area contributed by atoms with E-state index in [1.54, 1.807) is 0 Å². The zero-order chi connectivity index (χ0) is 16.6. The Balaban J connectivity index is 3.21. The fourth-order valence-electron chi connectivity index (χ4n) is 2.50. The zero-order valence-corrected chi connectivity index (χ0v) is 15.5. The smallest absolute Gasteiger partial charge is 0.211 e. The van der Waals surface area contributed by atoms with E-state index in [1.165, 1.54) is 5.56 Å². The molecule has 1 N–H and O–H groups in total. The van der Waals surface area contributed by atoms with Crippen LogP contribution in [-0.2, 0) is 10.0 Å². The van der Waals surface area contributed by atoms with E-state index in [4.69, 9.17) is 0 Å². The molecule has 0 saturated heterocycles. The van der Waals surface area contributed by atoms with Gasteiger partial charge in [0.15, 0.2) is 0 Å². The van der Waals surface area contributed by atoms with Gasteiger partial charge in [0, 0.05) is 6.54 Å². The van der Waals surface area contributed by atoms with E-state index >= 15 is 0 Å². The normalized spacial score (nSPS) is 12.8. The van der Waals surface area contributed by atoms with Gasteiger partial charge in [0.2, 0.25) is 10.0 Å². The second-order valence-corrected chi connectivity index (χ2v) is 8.87. The van der Waals surface area contributed by atoms with Crippen molar-refractivity contribution >= 4 is 10.0 Å². The third-order valence-corrected chi connectivity index (χ3v) is 6.10. The summed E-state index contributed by atoms with van der Waals surface area (Å²) in [6, 6.07) is 0. The molecule has 0 atom stereocenters. The van der Waals surface area contributed by atoms with Gasteiger partial charge in [0.05, 0.1) is 4.90 Å². The Hall–Kier alpha value is -0.870. The van der Waals surface area contributed by atoms with Crippen LogP contribution in [0.4, 0.5) is 0 Å². The number of rotatable bonds is 4. The Morgan fingerprint density at radius 2 is 1.19 bits per heavy atom. The van der Waals surface area contributed by atoms with Gasteiger partial charge in [-0.3, -0.25) is 0 Å². The van der Waals surface area contributed by atoms with Gasteiger partial charge in [-0.05, 0) is 74.3 Å². The van der Waals surface area contributed by atoms with Gasteiger partial charge >= 0.3 is 0 Å². The lowest BCUT2D eigenvalue weighted by atomic mass is 9.93. The van der Waals surface area contributed by atoms with Crippen molar-refractivity contribution in [1.82, 2.24) is 4.72 Å². The van der Waals surface area contributed by atoms with Crippen LogP contribution >= 0.6 is 0 Å². The molecule has 3 nitrogen and oxygen atoms in total. The van der Waals surface area contributed by atoms with Crippen molar-refractivity contribution in [3.63, 3.8) is 0 Å². The molecule has 0 unspecified atom stereocenters. The molecule has 0 radical (unpaired) electrons. The van der Waals surface area contributed by atoms with Crippen molar-refractivity contribution in [2.24, 2.45) is 5.41 Å². The van der Waals surface area contributed by atoms with Crippen LogP contribution in [0.2, 0.25) is 0 Å². The number of sulfonamides is 1. The molecule has 0 aliphatic rings. The minimum atomic E-state index is -3.46. The van der Waals surface area contributed by atoms with E-state index in [2.05, 4.69) is 25.5 Å². The summed E-state index contributed by atoms with van der Waals surface area (Å²) in [5.74, 6) is 0. The Kier molecular flexibility index (Phi) is 5.27. The van der Waals surface area contributed by atoms with E-state index in [0.29, 0.717) is 11.4 Å². The van der Waals surface area contributed by atoms with Crippen molar-refractivity contribution in [2.75, 3.05) is 6.54 Å². The van der Waals surface area contributed by atoms with Crippen LogP contribution in [0.25, 0.3) is 0 Å². The minimum absolute atomic E-state index is 0.117. The van der Waals surface area contributed by atoms with Crippen LogP contribution in [0.5, 0.6) is 0 Å². The highest BCUT2D eigenvalue weighted by atomic mass is 32.2. The number of hydrogen-bond donors (Lipinski definition) is 1. The zero-order valence-electron chi connectivity index (χ0n) is 14.6. The summed E-state index contributed by atoms with van der Waals surface area (Å²) in [4.78, 5) is 0.456. The molecule has 0 amide bonds. The molecule has 4 heteroatoms. The van der Waals surface area contributed by atoms with E-state index in [-0.39, 0.29) is 5.41 Å². The van der Waals surface area contributed by atoms with Crippen LogP contribution < -0.4 is 4.72 Å². The molecule has 0 aromatic heterocycles. The lowest BCUT2D eigenvalue weighted by Crippen LogP contribution is -2.29. The molecule has 1 aromatic rings. The molecule has 0 aliphatic heterocycles. The van der Waals surface area contributed by atoms with Gasteiger partial charge in [-0.1, -0.05) is 20.8 Å². The molecule has 0 aliphatic carbocycles. The quantitative estimate of drug-likeness (QED) is 0.915. The Morgan fingerprint density at radius 1 is 0.810 bits per heavy atom. The molecular formula is C17H29NO2S. The summed E-state index contributed by atoms with van der Waals surface area (Å²) >= 11 is 0. The number of nitrogens with one attached hydrogen (secondary N) is 1. The van der Waals surface area contributed by atoms with Crippen molar-refractivity contribution in [2.45, 2.75) is 66.7 Å². The summed E-state index contributed by atoms with van der Waals surface area (Å²) in [5.41, 5.74) is 5.14. The maximum Gasteiger partial charge on any atom is 0.241 e. The monoisotopic (exact) mass is 311 g/mol. The fraction of sp³-hybridized carbons (Fsp3) is 0.647. The topological polar surface area (TPSA) is 46.2 Å². The molecule has 0 spiro atoms. The summed E-state index contributed by atoms with van der Waals surface area (Å²) < 4.78 is 28.1. The van der Waals surface area contributed by atoms with Crippen molar-refractivity contribution in [3.05, 3.63) is 27.8 Å². The first kappa shape index (κ1) is 18.2. The van der Waals surface area contributed by atoms with Crippen molar-refractivity contribution in [1.29, 1.82) is 0 Å². The standard InChI is InChI=1S/C17H29NO2S/c1-11-12(2)14(4)16(15(5)13(11)3)21(19,20)18-10-9-17(6,7)8/h18H,9-10H2,1-8H3. The minimum Gasteiger partial charge on any atom is -0.211 e. The largest absolute Gasteiger partial charge is 0.241 e. The van der Waals surface area contributed by atoms with Crippen LogP contribution in [-0.4, -0.2) is 15.0 Å². The van der Waals surface area contributed by atoms with Gasteiger partial charge in [-0.25, -0.2) is 13.1 Å². The van der Waals surface area contributed by atoms with E-state index < -0.39 is 10.0 Å². The average Bonchev–Trinajstić information content (AvgIpc) is 2.32. The van der Waals surface area contributed by atoms with Crippen molar-refractivity contribution < 1.29 is 8.42 Å². The Labute approximate surface area is 130 Å². The average molecular weight is 311 g/mol. The lowest BCUT2D eigenvalue weighted by Gasteiger charge is -2.21. The van der Waals surface area contributed by atoms with Crippen LogP contribution in [0, 0.1) is 40.0 Å². The summed E-state index contributed by atoms with van der Waals surface area (Å²) in [6.45, 7) is 16.6. The number of hydrogen-bond acceptors (Lipinski definition) is 2. The first-order valence-electron chi connectivity index (χ1n) is 7.45. The molecule has 0 heterocycles. The van der Waals surface area contributed by atoms with Crippen LogP contribution in [0.15, 0.2) is 4.90 Å². The highest BCUT2D eigenvalue weighted by molar-refractivity contribution is 7.89. The number of benzene rings is 1. The summed E-state index contributed by atoms with van der Waals surface area (Å²) in [6.07, 6.45) is 0.814. The van der Waals surface area contributed by atoms with Crippen LogP contribution in [0.3, 0.4) is 0 Å². The van der Waals surface area contributed by atoms with E-state index in [0.717, 1.165) is 28.7 Å². The third kappa shape index (κ3) is 4.07. The molecule has 1 aromatic carbocycles. The fourth-order valence-corrected chi connectivity index (χ4v) is 4.13. The molecule has 1 rings (SSSR count). The molecular weight excluding hydrogens is 282 g/mol. The predicted octanol–water partition coefficient (Wildman–Crippen LogP) is 3.94. The summed E-state index contributed by atoms with van der Waals surface area (Å²) in [5, 5.41) is 0. The highest BCUT2D eigenvalue weighted by Gasteiger charge is 2.23. The molecule has 120 valence electrons. The van der Waals surface area contributed by atoms with Gasteiger partial charge in [-0.2, -0.15) is 0 Å². The summed E-state index contributed by atoms with van der Waals surface area (Å²) in [7, 11) is -3.46. The first-order valence-corrected chi connectivity index (χ1v) is 8.93. The Bertz CT molecular complexity index is 609. The third-order valence-electron chi connectivity index (χ3n) is 4.37. The van der Waals surface area contributed by atoms with E-state index in [1.807, 2.05) is 34.6 Å². The molecule has 0 saturated carbocycles. The second kappa shape index (κ2) is 6.09. The van der Waals surface area contributed by atoms with Crippen LogP contribution in [0.1, 0.15) is 55.0 Å². The molecule has 0 bridgehead atoms. The van der Waals surface area contributed by atoms with Crippen molar-refractivity contribution in [3.8, 4) is 0 Å². The molecule has 0 fully saturated rings. The maximum atomic E-state index is 12.7.